The lowest BCUT2D eigenvalue weighted by Gasteiger charge is -2.38. The first-order valence-corrected chi connectivity index (χ1v) is 12.0. The van der Waals surface area contributed by atoms with Gasteiger partial charge in [0.15, 0.2) is 0 Å². The molecule has 4 atom stereocenters. The van der Waals surface area contributed by atoms with Gasteiger partial charge < -0.3 is 29.5 Å². The van der Waals surface area contributed by atoms with Crippen LogP contribution in [0.4, 0.5) is 0 Å². The monoisotopic (exact) mass is 488 g/mol. The lowest BCUT2D eigenvalue weighted by Crippen LogP contribution is -2.51. The van der Waals surface area contributed by atoms with E-state index >= 15 is 0 Å². The first kappa shape index (κ1) is 26.9. The molecule has 2 aliphatic heterocycles. The first-order chi connectivity index (χ1) is 16.7. The van der Waals surface area contributed by atoms with E-state index in [1.807, 2.05) is 6.92 Å². The highest BCUT2D eigenvalue weighted by atomic mass is 16.5. The second-order valence-corrected chi connectivity index (χ2v) is 9.31. The highest BCUT2D eigenvalue weighted by molar-refractivity contribution is 5.97. The second kappa shape index (κ2) is 12.3. The van der Waals surface area contributed by atoms with Gasteiger partial charge in [0.25, 0.3) is 5.91 Å². The van der Waals surface area contributed by atoms with Crippen LogP contribution in [0.15, 0.2) is 12.3 Å². The lowest BCUT2D eigenvalue weighted by molar-refractivity contribution is -0.133. The van der Waals surface area contributed by atoms with Crippen molar-refractivity contribution in [1.29, 1.82) is 0 Å². The minimum atomic E-state index is -0.814. The molecule has 192 valence electrons. The number of rotatable bonds is 6. The van der Waals surface area contributed by atoms with E-state index in [-0.39, 0.29) is 35.8 Å². The van der Waals surface area contributed by atoms with Gasteiger partial charge in [-0.1, -0.05) is 18.8 Å². The molecule has 0 spiro atoms. The van der Waals surface area contributed by atoms with Gasteiger partial charge in [-0.3, -0.25) is 14.5 Å². The average Bonchev–Trinajstić information content (AvgIpc) is 2.84. The number of hydrogen-bond acceptors (Lipinski definition) is 8. The van der Waals surface area contributed by atoms with Gasteiger partial charge in [0.1, 0.15) is 17.8 Å². The smallest absolute Gasteiger partial charge is 0.259 e. The van der Waals surface area contributed by atoms with Crippen LogP contribution in [0.25, 0.3) is 0 Å². The number of fused-ring (bicyclic) bond motifs is 1. The molecule has 35 heavy (non-hydrogen) atoms. The summed E-state index contributed by atoms with van der Waals surface area (Å²) in [6, 6.07) is 1.18. The quantitative estimate of drug-likeness (QED) is 0.530. The molecule has 10 heteroatoms. The number of aliphatic hydroxyl groups excluding tert-OH is 2. The zero-order valence-corrected chi connectivity index (χ0v) is 20.9. The first-order valence-electron chi connectivity index (χ1n) is 12.0. The van der Waals surface area contributed by atoms with Crippen LogP contribution in [-0.2, 0) is 9.53 Å². The maximum Gasteiger partial charge on any atom is 0.259 e. The van der Waals surface area contributed by atoms with Crippen LogP contribution < -0.4 is 4.74 Å². The van der Waals surface area contributed by atoms with Crippen molar-refractivity contribution in [2.75, 3.05) is 59.6 Å². The number of likely N-dealkylation sites (N-methyl/N-ethyl adjacent to an activating group) is 1. The van der Waals surface area contributed by atoms with Gasteiger partial charge in [0.2, 0.25) is 11.8 Å². The largest absolute Gasteiger partial charge is 0.472 e. The van der Waals surface area contributed by atoms with Crippen LogP contribution in [0.2, 0.25) is 0 Å². The molecule has 3 rings (SSSR count). The SMILES string of the molecule is C[C@H](O)C#Cc1cnc2c(c1)C(=O)N([C@@H](C)CO)C[C@H](C)[C@@H](CN(C)C(=O)CN1CCOCC1)O2. The zero-order chi connectivity index (χ0) is 25.5. The second-order valence-electron chi connectivity index (χ2n) is 9.31. The van der Waals surface area contributed by atoms with Crippen LogP contribution in [-0.4, -0.2) is 120 Å². The van der Waals surface area contributed by atoms with Gasteiger partial charge in [-0.2, -0.15) is 0 Å². The van der Waals surface area contributed by atoms with Crippen molar-refractivity contribution in [3.63, 3.8) is 0 Å². The molecule has 0 radical (unpaired) electrons. The van der Waals surface area contributed by atoms with E-state index in [9.17, 15) is 19.8 Å². The van der Waals surface area contributed by atoms with Crippen LogP contribution >= 0.6 is 0 Å². The molecule has 3 heterocycles. The Morgan fingerprint density at radius 1 is 1.34 bits per heavy atom. The lowest BCUT2D eigenvalue weighted by atomic mass is 10.00. The number of carbonyl (C=O) groups excluding carboxylic acids is 2. The summed E-state index contributed by atoms with van der Waals surface area (Å²) in [4.78, 5) is 36.0. The molecule has 2 amide bonds. The molecule has 0 aromatic carbocycles. The van der Waals surface area contributed by atoms with Crippen LogP contribution in [0, 0.1) is 17.8 Å². The summed E-state index contributed by atoms with van der Waals surface area (Å²) in [5, 5.41) is 19.2. The Labute approximate surface area is 206 Å². The molecule has 1 saturated heterocycles. The van der Waals surface area contributed by atoms with Gasteiger partial charge in [-0.15, -0.1) is 0 Å². The topological polar surface area (TPSA) is 116 Å². The maximum atomic E-state index is 13.4. The molecule has 1 fully saturated rings. The van der Waals surface area contributed by atoms with E-state index < -0.39 is 18.2 Å². The molecule has 2 N–H and O–H groups in total. The predicted molar refractivity (Wildman–Crippen MR) is 129 cm³/mol. The summed E-state index contributed by atoms with van der Waals surface area (Å²) in [6.45, 7) is 8.79. The Bertz CT molecular complexity index is 953. The van der Waals surface area contributed by atoms with Gasteiger partial charge in [-0.25, -0.2) is 4.98 Å². The van der Waals surface area contributed by atoms with Crippen molar-refractivity contribution < 1.29 is 29.3 Å². The van der Waals surface area contributed by atoms with Crippen molar-refractivity contribution >= 4 is 11.8 Å². The Morgan fingerprint density at radius 2 is 2.06 bits per heavy atom. The minimum Gasteiger partial charge on any atom is -0.472 e. The number of aliphatic hydroxyl groups is 2. The zero-order valence-electron chi connectivity index (χ0n) is 20.9. The van der Waals surface area contributed by atoms with E-state index in [0.29, 0.717) is 38.4 Å². The predicted octanol–water partition coefficient (Wildman–Crippen LogP) is -0.175. The molecule has 10 nitrogen and oxygen atoms in total. The Kier molecular flexibility index (Phi) is 9.46. The van der Waals surface area contributed by atoms with Gasteiger partial charge in [0.05, 0.1) is 39.0 Å². The molecule has 1 aromatic heterocycles. The number of amides is 2. The fraction of sp³-hybridized carbons (Fsp3) is 0.640. The van der Waals surface area contributed by atoms with Crippen LogP contribution in [0.3, 0.4) is 0 Å². The number of nitrogens with zero attached hydrogens (tertiary/aromatic N) is 4. The van der Waals surface area contributed by atoms with Crippen LogP contribution in [0.5, 0.6) is 5.88 Å². The highest BCUT2D eigenvalue weighted by Crippen LogP contribution is 2.27. The summed E-state index contributed by atoms with van der Waals surface area (Å²) in [6.07, 6.45) is 0.263. The van der Waals surface area contributed by atoms with Crippen molar-refractivity contribution in [2.45, 2.75) is 39.0 Å². The standard InChI is InChI=1S/C25H36N4O6/c1-17-13-29(18(2)16-30)25(33)21-11-20(6-5-19(3)31)12-26-24(21)35-22(17)14-27(4)23(32)15-28-7-9-34-10-8-28/h11-12,17-19,22,30-31H,7-10,13-16H2,1-4H3/t17-,18-,19-,22+/m0/s1. The Balaban J connectivity index is 1.85. The van der Waals surface area contributed by atoms with Gasteiger partial charge in [0, 0.05) is 44.4 Å². The van der Waals surface area contributed by atoms with Crippen molar-refractivity contribution in [3.05, 3.63) is 23.4 Å². The fourth-order valence-corrected chi connectivity index (χ4v) is 4.02. The average molecular weight is 489 g/mol. The van der Waals surface area contributed by atoms with Crippen molar-refractivity contribution in [3.8, 4) is 17.7 Å². The molecular weight excluding hydrogens is 452 g/mol. The molecule has 2 aliphatic rings. The summed E-state index contributed by atoms with van der Waals surface area (Å²) >= 11 is 0. The number of aromatic nitrogens is 1. The number of pyridine rings is 1. The van der Waals surface area contributed by atoms with Crippen molar-refractivity contribution in [2.24, 2.45) is 5.92 Å². The van der Waals surface area contributed by atoms with Crippen LogP contribution in [0.1, 0.15) is 36.7 Å². The third-order valence-electron chi connectivity index (χ3n) is 6.29. The highest BCUT2D eigenvalue weighted by Gasteiger charge is 2.34. The number of hydrogen-bond donors (Lipinski definition) is 2. The summed E-state index contributed by atoms with van der Waals surface area (Å²) < 4.78 is 11.6. The summed E-state index contributed by atoms with van der Waals surface area (Å²) in [5.41, 5.74) is 0.711. The van der Waals surface area contributed by atoms with Gasteiger partial charge >= 0.3 is 0 Å². The molecule has 1 aromatic rings. The molecule has 0 saturated carbocycles. The Hall–Kier alpha value is -2.71. The summed E-state index contributed by atoms with van der Waals surface area (Å²) in [7, 11) is 1.75. The molecular formula is C25H36N4O6. The molecule has 0 unspecified atom stereocenters. The van der Waals surface area contributed by atoms with E-state index in [1.165, 1.54) is 6.20 Å². The van der Waals surface area contributed by atoms with E-state index in [4.69, 9.17) is 9.47 Å². The number of carbonyl (C=O) groups is 2. The minimum absolute atomic E-state index is 0.0154. The van der Waals surface area contributed by atoms with Crippen molar-refractivity contribution in [1.82, 2.24) is 19.7 Å². The third-order valence-corrected chi connectivity index (χ3v) is 6.29. The normalized spacial score (nSPS) is 22.6. The van der Waals surface area contributed by atoms with Gasteiger partial charge in [-0.05, 0) is 19.9 Å². The number of ether oxygens (including phenoxy) is 2. The molecule has 0 aliphatic carbocycles. The molecule has 0 bridgehead atoms. The third kappa shape index (κ3) is 7.15. The maximum absolute atomic E-state index is 13.4. The fourth-order valence-electron chi connectivity index (χ4n) is 4.02. The summed E-state index contributed by atoms with van der Waals surface area (Å²) in [5.74, 6) is 5.17. The van der Waals surface area contributed by atoms with E-state index in [1.54, 1.807) is 36.8 Å². The van der Waals surface area contributed by atoms with E-state index in [0.717, 1.165) is 13.1 Å². The number of morpholine rings is 1. The van der Waals surface area contributed by atoms with E-state index in [2.05, 4.69) is 21.7 Å². The Morgan fingerprint density at radius 3 is 2.71 bits per heavy atom.